The summed E-state index contributed by atoms with van der Waals surface area (Å²) in [5.41, 5.74) is 4.52. The average molecular weight is 302 g/mol. The summed E-state index contributed by atoms with van der Waals surface area (Å²) in [7, 11) is 0. The molecule has 2 heterocycles. The Morgan fingerprint density at radius 3 is 2.78 bits per heavy atom. The zero-order valence-electron chi connectivity index (χ0n) is 12.4. The van der Waals surface area contributed by atoms with E-state index in [1.54, 1.807) is 0 Å². The summed E-state index contributed by atoms with van der Waals surface area (Å²) in [6.45, 7) is 0.678. The maximum Gasteiger partial charge on any atom is 0.258 e. The summed E-state index contributed by atoms with van der Waals surface area (Å²) in [5.74, 6) is 0.311. The number of carbonyl (C=O) groups excluding carboxylic acids is 1. The topological polar surface area (TPSA) is 56.6 Å². The van der Waals surface area contributed by atoms with Crippen molar-refractivity contribution in [1.29, 1.82) is 5.26 Å². The first-order valence-electron chi connectivity index (χ1n) is 7.87. The summed E-state index contributed by atoms with van der Waals surface area (Å²) in [4.78, 5) is 14.7. The molecule has 4 nitrogen and oxygen atoms in total. The molecule has 2 aromatic rings. The standard InChI is InChI=1S/C19H14N2O2/c20-9-12-6-7-14-16-13(8-15-18(23-15)17(12)16)10-21(14)19(22)11-4-2-1-3-5-11/h1-7,13,15,18H,8,10H2/t13-,15+,18+/m0/s1. The van der Waals surface area contributed by atoms with Gasteiger partial charge >= 0.3 is 0 Å². The van der Waals surface area contributed by atoms with E-state index >= 15 is 0 Å². The quantitative estimate of drug-likeness (QED) is 0.760. The fraction of sp³-hybridized carbons (Fsp3) is 0.263. The third kappa shape index (κ3) is 1.71. The highest BCUT2D eigenvalue weighted by Crippen LogP contribution is 2.57. The SMILES string of the molecule is N#Cc1ccc2c3c1[C@@H]1O[C@@H]1C[C@H]3CN2C(=O)c1ccccc1. The minimum atomic E-state index is 0.0292. The van der Waals surface area contributed by atoms with Crippen LogP contribution in [0.25, 0.3) is 0 Å². The number of hydrogen-bond acceptors (Lipinski definition) is 3. The molecular formula is C19H14N2O2. The third-order valence-corrected chi connectivity index (χ3v) is 5.14. The highest BCUT2D eigenvalue weighted by molar-refractivity contribution is 6.07. The third-order valence-electron chi connectivity index (χ3n) is 5.14. The number of benzene rings is 2. The van der Waals surface area contributed by atoms with Gasteiger partial charge in [0.05, 0.1) is 17.7 Å². The second kappa shape index (κ2) is 4.43. The number of hydrogen-bond donors (Lipinski definition) is 0. The fourth-order valence-corrected chi connectivity index (χ4v) is 4.08. The highest BCUT2D eigenvalue weighted by Gasteiger charge is 2.52. The van der Waals surface area contributed by atoms with Gasteiger partial charge in [0.1, 0.15) is 6.10 Å². The monoisotopic (exact) mass is 302 g/mol. The second-order valence-electron chi connectivity index (χ2n) is 6.38. The summed E-state index contributed by atoms with van der Waals surface area (Å²) >= 11 is 0. The molecule has 0 unspecified atom stereocenters. The number of fused-ring (bicyclic) bond motifs is 2. The van der Waals surface area contributed by atoms with Crippen LogP contribution in [0, 0.1) is 11.3 Å². The van der Waals surface area contributed by atoms with E-state index in [1.165, 1.54) is 0 Å². The van der Waals surface area contributed by atoms with E-state index in [4.69, 9.17) is 4.74 Å². The molecule has 1 amide bonds. The molecule has 3 aliphatic rings. The minimum Gasteiger partial charge on any atom is -0.364 e. The van der Waals surface area contributed by atoms with Crippen molar-refractivity contribution < 1.29 is 9.53 Å². The van der Waals surface area contributed by atoms with Crippen LogP contribution in [0.15, 0.2) is 42.5 Å². The molecule has 1 saturated heterocycles. The van der Waals surface area contributed by atoms with E-state index in [0.29, 0.717) is 17.7 Å². The van der Waals surface area contributed by atoms with Crippen molar-refractivity contribution in [2.75, 3.05) is 11.4 Å². The number of nitrogens with zero attached hydrogens (tertiary/aromatic N) is 2. The van der Waals surface area contributed by atoms with Gasteiger partial charge in [-0.2, -0.15) is 5.26 Å². The Bertz CT molecular complexity index is 869. The zero-order valence-corrected chi connectivity index (χ0v) is 12.4. The van der Waals surface area contributed by atoms with E-state index in [9.17, 15) is 10.1 Å². The average Bonchev–Trinajstić information content (AvgIpc) is 3.29. The first-order valence-corrected chi connectivity index (χ1v) is 7.87. The summed E-state index contributed by atoms with van der Waals surface area (Å²) in [5, 5.41) is 9.39. The fourth-order valence-electron chi connectivity index (χ4n) is 4.08. The zero-order chi connectivity index (χ0) is 15.6. The molecule has 0 radical (unpaired) electrons. The lowest BCUT2D eigenvalue weighted by atomic mass is 9.82. The molecule has 112 valence electrons. The van der Waals surface area contributed by atoms with Gasteiger partial charge in [0.25, 0.3) is 5.91 Å². The normalized spacial score (nSPS) is 26.2. The summed E-state index contributed by atoms with van der Waals surface area (Å²) in [6, 6.07) is 15.4. The van der Waals surface area contributed by atoms with E-state index in [-0.39, 0.29) is 24.0 Å². The molecule has 4 heteroatoms. The lowest BCUT2D eigenvalue weighted by molar-refractivity contribution is 0.0987. The number of anilines is 1. The predicted molar refractivity (Wildman–Crippen MR) is 84.2 cm³/mol. The summed E-state index contributed by atoms with van der Waals surface area (Å²) in [6.07, 6.45) is 1.22. The Morgan fingerprint density at radius 2 is 2.00 bits per heavy atom. The molecule has 0 bridgehead atoms. The molecule has 1 fully saturated rings. The predicted octanol–water partition coefficient (Wildman–Crippen LogP) is 3.15. The maximum absolute atomic E-state index is 12.9. The number of epoxide rings is 1. The minimum absolute atomic E-state index is 0.0292. The van der Waals surface area contributed by atoms with Gasteiger partial charge in [0, 0.05) is 29.3 Å². The molecule has 1 aliphatic carbocycles. The van der Waals surface area contributed by atoms with Crippen molar-refractivity contribution >= 4 is 11.6 Å². The Kier molecular flexibility index (Phi) is 2.48. The van der Waals surface area contributed by atoms with Crippen molar-refractivity contribution in [2.24, 2.45) is 0 Å². The van der Waals surface area contributed by atoms with E-state index < -0.39 is 0 Å². The molecule has 23 heavy (non-hydrogen) atoms. The van der Waals surface area contributed by atoms with Crippen molar-refractivity contribution in [3.63, 3.8) is 0 Å². The molecule has 0 N–H and O–H groups in total. The van der Waals surface area contributed by atoms with E-state index in [2.05, 4.69) is 6.07 Å². The Balaban J connectivity index is 1.63. The van der Waals surface area contributed by atoms with Crippen LogP contribution in [0.1, 0.15) is 45.5 Å². The molecule has 0 saturated carbocycles. The maximum atomic E-state index is 12.9. The smallest absolute Gasteiger partial charge is 0.258 e. The van der Waals surface area contributed by atoms with Crippen LogP contribution in [0.4, 0.5) is 5.69 Å². The molecule has 2 aliphatic heterocycles. The van der Waals surface area contributed by atoms with Gasteiger partial charge in [-0.3, -0.25) is 4.79 Å². The molecule has 5 rings (SSSR count). The Morgan fingerprint density at radius 1 is 1.17 bits per heavy atom. The number of nitriles is 1. The van der Waals surface area contributed by atoms with Crippen molar-refractivity contribution in [1.82, 2.24) is 0 Å². The van der Waals surface area contributed by atoms with Crippen LogP contribution in [0.2, 0.25) is 0 Å². The van der Waals surface area contributed by atoms with E-state index in [0.717, 1.165) is 23.2 Å². The van der Waals surface area contributed by atoms with Crippen LogP contribution in [0.5, 0.6) is 0 Å². The number of amides is 1. The Labute approximate surface area is 133 Å². The van der Waals surface area contributed by atoms with Gasteiger partial charge in [-0.25, -0.2) is 0 Å². The highest BCUT2D eigenvalue weighted by atomic mass is 16.6. The lowest BCUT2D eigenvalue weighted by Gasteiger charge is -2.18. The van der Waals surface area contributed by atoms with Crippen LogP contribution in [0.3, 0.4) is 0 Å². The number of rotatable bonds is 1. The van der Waals surface area contributed by atoms with Gasteiger partial charge in [0.15, 0.2) is 0 Å². The molecule has 0 spiro atoms. The van der Waals surface area contributed by atoms with Gasteiger partial charge < -0.3 is 9.64 Å². The van der Waals surface area contributed by atoms with Crippen molar-refractivity contribution in [2.45, 2.75) is 24.5 Å². The van der Waals surface area contributed by atoms with Gasteiger partial charge in [-0.1, -0.05) is 18.2 Å². The first kappa shape index (κ1) is 12.9. The van der Waals surface area contributed by atoms with Gasteiger partial charge in [-0.15, -0.1) is 0 Å². The van der Waals surface area contributed by atoms with Crippen molar-refractivity contribution in [3.8, 4) is 6.07 Å². The molecule has 2 aromatic carbocycles. The molecule has 3 atom stereocenters. The van der Waals surface area contributed by atoms with Crippen LogP contribution in [-0.4, -0.2) is 18.6 Å². The van der Waals surface area contributed by atoms with Crippen LogP contribution in [-0.2, 0) is 4.74 Å². The number of ether oxygens (including phenoxy) is 1. The van der Waals surface area contributed by atoms with Gasteiger partial charge in [-0.05, 0) is 36.2 Å². The van der Waals surface area contributed by atoms with Crippen LogP contribution >= 0.6 is 0 Å². The lowest BCUT2D eigenvalue weighted by Crippen LogP contribution is -2.30. The summed E-state index contributed by atoms with van der Waals surface area (Å²) < 4.78 is 5.73. The van der Waals surface area contributed by atoms with Crippen LogP contribution < -0.4 is 4.90 Å². The molecular weight excluding hydrogens is 288 g/mol. The van der Waals surface area contributed by atoms with Crippen molar-refractivity contribution in [3.05, 3.63) is 64.7 Å². The molecule has 0 aromatic heterocycles. The van der Waals surface area contributed by atoms with Gasteiger partial charge in [0.2, 0.25) is 0 Å². The van der Waals surface area contributed by atoms with E-state index in [1.807, 2.05) is 47.4 Å². The largest absolute Gasteiger partial charge is 0.364 e. The first-order chi connectivity index (χ1) is 11.3. The Hall–Kier alpha value is -2.64. The second-order valence-corrected chi connectivity index (χ2v) is 6.38. The number of carbonyl (C=O) groups is 1.